The molecule has 0 N–H and O–H groups in total. The first kappa shape index (κ1) is 16.2. The second-order valence-corrected chi connectivity index (χ2v) is 5.45. The highest BCUT2D eigenvalue weighted by Crippen LogP contribution is 2.41. The molecule has 24 heavy (non-hydrogen) atoms. The van der Waals surface area contributed by atoms with Gasteiger partial charge in [-0.1, -0.05) is 23.7 Å². The molecular formula is C18H15ClO5. The molecule has 0 saturated carbocycles. The predicted octanol–water partition coefficient (Wildman–Crippen LogP) is 4.14. The molecule has 2 aromatic carbocycles. The van der Waals surface area contributed by atoms with Gasteiger partial charge in [-0.3, -0.25) is 0 Å². The zero-order chi connectivity index (χ0) is 17.3. The second kappa shape index (κ2) is 6.45. The number of rotatable bonds is 4. The number of benzene rings is 2. The van der Waals surface area contributed by atoms with E-state index in [9.17, 15) is 4.79 Å². The minimum absolute atomic E-state index is 0.274. The second-order valence-electron chi connectivity index (χ2n) is 5.01. The average molecular weight is 347 g/mol. The Morgan fingerprint density at radius 2 is 1.58 bits per heavy atom. The molecule has 0 amide bonds. The van der Waals surface area contributed by atoms with Crippen molar-refractivity contribution in [3.05, 3.63) is 51.8 Å². The van der Waals surface area contributed by atoms with Crippen LogP contribution in [0.3, 0.4) is 0 Å². The molecule has 6 heteroatoms. The molecule has 0 aliphatic rings. The van der Waals surface area contributed by atoms with Gasteiger partial charge in [-0.15, -0.1) is 0 Å². The van der Waals surface area contributed by atoms with Crippen LogP contribution in [-0.2, 0) is 0 Å². The number of fused-ring (bicyclic) bond motifs is 1. The monoisotopic (exact) mass is 346 g/mol. The van der Waals surface area contributed by atoms with Crippen molar-refractivity contribution in [1.29, 1.82) is 0 Å². The van der Waals surface area contributed by atoms with E-state index in [2.05, 4.69) is 0 Å². The summed E-state index contributed by atoms with van der Waals surface area (Å²) in [7, 11) is 4.52. The summed E-state index contributed by atoms with van der Waals surface area (Å²) < 4.78 is 21.5. The van der Waals surface area contributed by atoms with Crippen LogP contribution in [0.25, 0.3) is 22.1 Å². The zero-order valence-corrected chi connectivity index (χ0v) is 14.1. The fraction of sp³-hybridized carbons (Fsp3) is 0.167. The van der Waals surface area contributed by atoms with Crippen LogP contribution in [0.1, 0.15) is 0 Å². The Morgan fingerprint density at radius 3 is 2.17 bits per heavy atom. The van der Waals surface area contributed by atoms with Crippen LogP contribution in [0, 0.1) is 0 Å². The Morgan fingerprint density at radius 1 is 0.917 bits per heavy atom. The summed E-state index contributed by atoms with van der Waals surface area (Å²) in [6.45, 7) is 0. The van der Waals surface area contributed by atoms with E-state index in [1.165, 1.54) is 21.3 Å². The van der Waals surface area contributed by atoms with Gasteiger partial charge in [-0.25, -0.2) is 4.79 Å². The van der Waals surface area contributed by atoms with Crippen molar-refractivity contribution < 1.29 is 18.6 Å². The average Bonchev–Trinajstić information content (AvgIpc) is 2.60. The van der Waals surface area contributed by atoms with Crippen LogP contribution in [0.4, 0.5) is 0 Å². The van der Waals surface area contributed by atoms with Crippen LogP contribution in [0.15, 0.2) is 45.6 Å². The van der Waals surface area contributed by atoms with Gasteiger partial charge in [0, 0.05) is 11.1 Å². The third-order valence-electron chi connectivity index (χ3n) is 3.70. The number of hydrogen-bond acceptors (Lipinski definition) is 5. The molecule has 1 aromatic heterocycles. The van der Waals surface area contributed by atoms with Gasteiger partial charge in [0.2, 0.25) is 5.75 Å². The SMILES string of the molecule is COc1cc(OC)c2cc(-c3ccc(Cl)cc3)c(=O)oc2c1OC. The third kappa shape index (κ3) is 2.67. The van der Waals surface area contributed by atoms with Crippen molar-refractivity contribution in [2.45, 2.75) is 0 Å². The summed E-state index contributed by atoms with van der Waals surface area (Å²) in [5, 5.41) is 1.20. The number of hydrogen-bond donors (Lipinski definition) is 0. The van der Waals surface area contributed by atoms with Crippen molar-refractivity contribution in [3.63, 3.8) is 0 Å². The summed E-state index contributed by atoms with van der Waals surface area (Å²) in [5.74, 6) is 1.28. The van der Waals surface area contributed by atoms with Crippen molar-refractivity contribution >= 4 is 22.6 Å². The largest absolute Gasteiger partial charge is 0.496 e. The predicted molar refractivity (Wildman–Crippen MR) is 92.6 cm³/mol. The van der Waals surface area contributed by atoms with Gasteiger partial charge in [-0.2, -0.15) is 0 Å². The molecule has 0 bridgehead atoms. The topological polar surface area (TPSA) is 57.9 Å². The Labute approximate surface area is 143 Å². The first-order valence-corrected chi connectivity index (χ1v) is 7.49. The van der Waals surface area contributed by atoms with Crippen molar-refractivity contribution in [1.82, 2.24) is 0 Å². The van der Waals surface area contributed by atoms with Gasteiger partial charge in [0.15, 0.2) is 11.3 Å². The van der Waals surface area contributed by atoms with E-state index in [4.69, 9.17) is 30.2 Å². The summed E-state index contributed by atoms with van der Waals surface area (Å²) >= 11 is 5.90. The maximum atomic E-state index is 12.4. The van der Waals surface area contributed by atoms with Crippen LogP contribution in [-0.4, -0.2) is 21.3 Å². The summed E-state index contributed by atoms with van der Waals surface area (Å²) in [6, 6.07) is 10.3. The van der Waals surface area contributed by atoms with E-state index in [-0.39, 0.29) is 5.58 Å². The fourth-order valence-corrected chi connectivity index (χ4v) is 2.67. The Balaban J connectivity index is 2.34. The molecule has 0 unspecified atom stereocenters. The highest BCUT2D eigenvalue weighted by Gasteiger charge is 2.19. The molecule has 0 radical (unpaired) electrons. The lowest BCUT2D eigenvalue weighted by molar-refractivity contribution is 0.347. The van der Waals surface area contributed by atoms with Crippen LogP contribution in [0.2, 0.25) is 5.02 Å². The summed E-state index contributed by atoms with van der Waals surface area (Å²) in [6.07, 6.45) is 0. The minimum Gasteiger partial charge on any atom is -0.496 e. The standard InChI is InChI=1S/C18H15ClO5/c1-21-14-9-15(22-2)17(23-3)16-13(14)8-12(18(20)24-16)10-4-6-11(19)7-5-10/h4-9H,1-3H3. The Bertz CT molecular complexity index is 944. The lowest BCUT2D eigenvalue weighted by atomic mass is 10.1. The van der Waals surface area contributed by atoms with E-state index in [1.807, 2.05) is 0 Å². The minimum atomic E-state index is -0.488. The van der Waals surface area contributed by atoms with E-state index in [0.29, 0.717) is 38.8 Å². The van der Waals surface area contributed by atoms with Gasteiger partial charge in [0.1, 0.15) is 5.75 Å². The van der Waals surface area contributed by atoms with Crippen molar-refractivity contribution in [2.24, 2.45) is 0 Å². The molecule has 0 fully saturated rings. The first-order chi connectivity index (χ1) is 11.6. The maximum absolute atomic E-state index is 12.4. The highest BCUT2D eigenvalue weighted by molar-refractivity contribution is 6.30. The highest BCUT2D eigenvalue weighted by atomic mass is 35.5. The number of halogens is 1. The van der Waals surface area contributed by atoms with Gasteiger partial charge in [-0.05, 0) is 23.8 Å². The van der Waals surface area contributed by atoms with Gasteiger partial charge in [0.05, 0.1) is 32.3 Å². The molecule has 124 valence electrons. The molecule has 0 aliphatic heterocycles. The van der Waals surface area contributed by atoms with Gasteiger partial charge >= 0.3 is 5.63 Å². The van der Waals surface area contributed by atoms with Crippen LogP contribution in [0.5, 0.6) is 17.2 Å². The summed E-state index contributed by atoms with van der Waals surface area (Å²) in [4.78, 5) is 12.4. The maximum Gasteiger partial charge on any atom is 0.344 e. The third-order valence-corrected chi connectivity index (χ3v) is 3.96. The molecule has 0 atom stereocenters. The Kier molecular flexibility index (Phi) is 4.36. The molecule has 1 heterocycles. The number of methoxy groups -OCH3 is 3. The molecule has 5 nitrogen and oxygen atoms in total. The smallest absolute Gasteiger partial charge is 0.344 e. The van der Waals surface area contributed by atoms with E-state index < -0.39 is 5.63 Å². The number of ether oxygens (including phenoxy) is 3. The lowest BCUT2D eigenvalue weighted by Gasteiger charge is -2.13. The molecule has 3 aromatic rings. The lowest BCUT2D eigenvalue weighted by Crippen LogP contribution is -2.04. The quantitative estimate of drug-likeness (QED) is 0.664. The first-order valence-electron chi connectivity index (χ1n) is 7.11. The molecule has 3 rings (SSSR count). The molecule has 0 aliphatic carbocycles. The van der Waals surface area contributed by atoms with E-state index in [0.717, 1.165) is 0 Å². The van der Waals surface area contributed by atoms with Gasteiger partial charge < -0.3 is 18.6 Å². The van der Waals surface area contributed by atoms with Crippen LogP contribution < -0.4 is 19.8 Å². The van der Waals surface area contributed by atoms with Crippen molar-refractivity contribution in [3.8, 4) is 28.4 Å². The van der Waals surface area contributed by atoms with Crippen LogP contribution >= 0.6 is 11.6 Å². The van der Waals surface area contributed by atoms with E-state index >= 15 is 0 Å². The molecule has 0 spiro atoms. The molecule has 0 saturated heterocycles. The Hall–Kier alpha value is -2.66. The molecular weight excluding hydrogens is 332 g/mol. The fourth-order valence-electron chi connectivity index (χ4n) is 2.54. The summed E-state index contributed by atoms with van der Waals surface area (Å²) in [5.41, 5.74) is 0.895. The van der Waals surface area contributed by atoms with Gasteiger partial charge in [0.25, 0.3) is 0 Å². The van der Waals surface area contributed by atoms with Crippen molar-refractivity contribution in [2.75, 3.05) is 21.3 Å². The normalized spacial score (nSPS) is 10.7. The van der Waals surface area contributed by atoms with E-state index in [1.54, 1.807) is 36.4 Å². The zero-order valence-electron chi connectivity index (χ0n) is 13.4.